The highest BCUT2D eigenvalue weighted by atomic mass is 35.5. The molecule has 0 bridgehead atoms. The van der Waals surface area contributed by atoms with Crippen LogP contribution in [0.15, 0.2) is 6.07 Å². The lowest BCUT2D eigenvalue weighted by Gasteiger charge is -2.19. The predicted molar refractivity (Wildman–Crippen MR) is 45.3 cm³/mol. The zero-order chi connectivity index (χ0) is 15.2. The summed E-state index contributed by atoms with van der Waals surface area (Å²) in [6.07, 6.45) is -16.5. The fourth-order valence-corrected chi connectivity index (χ4v) is 1.58. The van der Waals surface area contributed by atoms with Gasteiger partial charge in [-0.15, -0.1) is 0 Å². The monoisotopic (exact) mass is 315 g/mol. The molecule has 19 heavy (non-hydrogen) atoms. The second-order valence-electron chi connectivity index (χ2n) is 3.26. The molecule has 1 aromatic rings. The van der Waals surface area contributed by atoms with Gasteiger partial charge >= 0.3 is 18.5 Å². The maximum absolute atomic E-state index is 12.4. The highest BCUT2D eigenvalue weighted by Gasteiger charge is 2.48. The van der Waals surface area contributed by atoms with E-state index in [-0.39, 0.29) is 6.07 Å². The van der Waals surface area contributed by atoms with E-state index in [1.54, 1.807) is 0 Å². The third-order valence-electron chi connectivity index (χ3n) is 1.94. The molecule has 0 atom stereocenters. The SMILES string of the molecule is FC(F)(F)c1[c]cc(C(F)(F)F)c(Cl)c1C(F)(F)F. The van der Waals surface area contributed by atoms with E-state index in [2.05, 4.69) is 0 Å². The van der Waals surface area contributed by atoms with Crippen molar-refractivity contribution in [2.45, 2.75) is 18.5 Å². The van der Waals surface area contributed by atoms with Crippen LogP contribution in [-0.4, -0.2) is 0 Å². The third kappa shape index (κ3) is 3.26. The number of rotatable bonds is 0. The van der Waals surface area contributed by atoms with Gasteiger partial charge < -0.3 is 0 Å². The van der Waals surface area contributed by atoms with Gasteiger partial charge in [-0.1, -0.05) is 11.6 Å². The van der Waals surface area contributed by atoms with Gasteiger partial charge in [-0.3, -0.25) is 0 Å². The lowest BCUT2D eigenvalue weighted by Crippen LogP contribution is -2.20. The summed E-state index contributed by atoms with van der Waals surface area (Å²) in [4.78, 5) is 0. The van der Waals surface area contributed by atoms with E-state index >= 15 is 0 Å². The summed E-state index contributed by atoms with van der Waals surface area (Å²) in [6.45, 7) is 0. The normalized spacial score (nSPS) is 13.8. The summed E-state index contributed by atoms with van der Waals surface area (Å²) < 4.78 is 111. The van der Waals surface area contributed by atoms with Gasteiger partial charge in [0.05, 0.1) is 21.7 Å². The van der Waals surface area contributed by atoms with Gasteiger partial charge in [-0.05, 0) is 12.1 Å². The van der Waals surface area contributed by atoms with Crippen molar-refractivity contribution in [2.75, 3.05) is 0 Å². The van der Waals surface area contributed by atoms with E-state index in [0.29, 0.717) is 0 Å². The zero-order valence-corrected chi connectivity index (χ0v) is 9.11. The second kappa shape index (κ2) is 4.46. The third-order valence-corrected chi connectivity index (χ3v) is 2.33. The largest absolute Gasteiger partial charge is 0.418 e. The Kier molecular flexibility index (Phi) is 3.74. The Bertz CT molecular complexity index is 480. The van der Waals surface area contributed by atoms with Crippen LogP contribution in [0.4, 0.5) is 39.5 Å². The maximum atomic E-state index is 12.4. The van der Waals surface area contributed by atoms with Crippen molar-refractivity contribution in [2.24, 2.45) is 0 Å². The van der Waals surface area contributed by atoms with E-state index in [0.717, 1.165) is 6.07 Å². The lowest BCUT2D eigenvalue weighted by molar-refractivity contribution is -0.163. The molecule has 0 fully saturated rings. The molecule has 1 radical (unpaired) electrons. The van der Waals surface area contributed by atoms with Gasteiger partial charge in [0, 0.05) is 0 Å². The minimum atomic E-state index is -5.69. The molecular formula is C9HClF9. The molecule has 0 aromatic heterocycles. The molecule has 0 nitrogen and oxygen atoms in total. The van der Waals surface area contributed by atoms with E-state index < -0.39 is 40.2 Å². The first-order valence-electron chi connectivity index (χ1n) is 4.22. The minimum absolute atomic E-state index is 0.263. The van der Waals surface area contributed by atoms with Crippen molar-refractivity contribution in [3.05, 3.63) is 33.8 Å². The van der Waals surface area contributed by atoms with Crippen LogP contribution >= 0.6 is 11.6 Å². The first-order chi connectivity index (χ1) is 8.26. The average molecular weight is 316 g/mol. The molecular weight excluding hydrogens is 315 g/mol. The highest BCUT2D eigenvalue weighted by molar-refractivity contribution is 6.32. The molecule has 0 spiro atoms. The van der Waals surface area contributed by atoms with Crippen molar-refractivity contribution in [1.29, 1.82) is 0 Å². The van der Waals surface area contributed by atoms with Crippen LogP contribution < -0.4 is 0 Å². The fourth-order valence-electron chi connectivity index (χ4n) is 1.22. The Hall–Kier alpha value is -1.12. The number of halogens is 10. The Morgan fingerprint density at radius 2 is 1.26 bits per heavy atom. The maximum Gasteiger partial charge on any atom is 0.418 e. The van der Waals surface area contributed by atoms with Crippen molar-refractivity contribution in [3.63, 3.8) is 0 Å². The van der Waals surface area contributed by atoms with Crippen LogP contribution in [0.3, 0.4) is 0 Å². The highest BCUT2D eigenvalue weighted by Crippen LogP contribution is 2.47. The molecule has 0 N–H and O–H groups in total. The summed E-state index contributed by atoms with van der Waals surface area (Å²) >= 11 is 4.83. The van der Waals surface area contributed by atoms with Gasteiger partial charge in [-0.25, -0.2) is 0 Å². The Morgan fingerprint density at radius 3 is 1.58 bits per heavy atom. The Labute approximate surface area is 104 Å². The van der Waals surface area contributed by atoms with Crippen molar-refractivity contribution < 1.29 is 39.5 Å². The van der Waals surface area contributed by atoms with Crippen LogP contribution in [0.1, 0.15) is 16.7 Å². The Morgan fingerprint density at radius 1 is 0.789 bits per heavy atom. The molecule has 0 heterocycles. The van der Waals surface area contributed by atoms with Crippen molar-refractivity contribution in [3.8, 4) is 0 Å². The topological polar surface area (TPSA) is 0 Å². The molecule has 1 rings (SSSR count). The fraction of sp³-hybridized carbons (Fsp3) is 0.333. The van der Waals surface area contributed by atoms with Gasteiger partial charge in [0.1, 0.15) is 0 Å². The molecule has 0 saturated heterocycles. The molecule has 1 aromatic carbocycles. The number of alkyl halides is 9. The van der Waals surface area contributed by atoms with E-state index in [1.165, 1.54) is 0 Å². The first kappa shape index (κ1) is 15.9. The second-order valence-corrected chi connectivity index (χ2v) is 3.64. The molecule has 0 unspecified atom stereocenters. The number of benzene rings is 1. The molecule has 107 valence electrons. The number of hydrogen-bond donors (Lipinski definition) is 0. The summed E-state index contributed by atoms with van der Waals surface area (Å²) in [5, 5.41) is -2.05. The van der Waals surface area contributed by atoms with E-state index in [4.69, 9.17) is 11.6 Å². The first-order valence-corrected chi connectivity index (χ1v) is 4.60. The van der Waals surface area contributed by atoms with Crippen molar-refractivity contribution >= 4 is 11.6 Å². The molecule has 10 heteroatoms. The quantitative estimate of drug-likeness (QED) is 0.577. The summed E-state index contributed by atoms with van der Waals surface area (Å²) in [6, 6.07) is 0.687. The molecule has 0 amide bonds. The standard InChI is InChI=1S/C9HClF9/c10-6-4(8(14,15)16)2-1-3(7(11,12)13)5(6)9(17,18)19/h2H. The predicted octanol–water partition coefficient (Wildman–Crippen LogP) is 5.20. The van der Waals surface area contributed by atoms with Gasteiger partial charge in [0.25, 0.3) is 0 Å². The van der Waals surface area contributed by atoms with Crippen LogP contribution in [-0.2, 0) is 18.5 Å². The minimum Gasteiger partial charge on any atom is -0.166 e. The van der Waals surface area contributed by atoms with Crippen molar-refractivity contribution in [1.82, 2.24) is 0 Å². The van der Waals surface area contributed by atoms with Gasteiger partial charge in [-0.2, -0.15) is 39.5 Å². The van der Waals surface area contributed by atoms with E-state index in [9.17, 15) is 39.5 Å². The molecule has 0 aliphatic rings. The van der Waals surface area contributed by atoms with Crippen LogP contribution in [0.25, 0.3) is 0 Å². The molecule has 0 aliphatic heterocycles. The summed E-state index contributed by atoms with van der Waals surface area (Å²) in [5.74, 6) is 0. The lowest BCUT2D eigenvalue weighted by atomic mass is 10.0. The summed E-state index contributed by atoms with van der Waals surface area (Å²) in [5.41, 5.74) is -7.02. The van der Waals surface area contributed by atoms with E-state index in [1.807, 2.05) is 0 Å². The number of hydrogen-bond acceptors (Lipinski definition) is 0. The van der Waals surface area contributed by atoms with Gasteiger partial charge in [0.2, 0.25) is 0 Å². The van der Waals surface area contributed by atoms with Crippen LogP contribution in [0.2, 0.25) is 5.02 Å². The zero-order valence-electron chi connectivity index (χ0n) is 8.36. The molecule has 0 saturated carbocycles. The average Bonchev–Trinajstić information content (AvgIpc) is 2.11. The van der Waals surface area contributed by atoms with Crippen LogP contribution in [0.5, 0.6) is 0 Å². The van der Waals surface area contributed by atoms with Crippen LogP contribution in [0, 0.1) is 6.07 Å². The Balaban J connectivity index is 3.71. The summed E-state index contributed by atoms with van der Waals surface area (Å²) in [7, 11) is 0. The smallest absolute Gasteiger partial charge is 0.166 e. The molecule has 0 aliphatic carbocycles. The van der Waals surface area contributed by atoms with Gasteiger partial charge in [0.15, 0.2) is 0 Å².